The van der Waals surface area contributed by atoms with E-state index in [1.54, 1.807) is 12.1 Å². The molecule has 1 aliphatic rings. The van der Waals surface area contributed by atoms with Crippen molar-refractivity contribution in [1.29, 1.82) is 0 Å². The van der Waals surface area contributed by atoms with Crippen LogP contribution in [0.3, 0.4) is 0 Å². The van der Waals surface area contributed by atoms with Crippen molar-refractivity contribution in [3.8, 4) is 0 Å². The molecule has 22 heavy (non-hydrogen) atoms. The molecule has 2 aromatic heterocycles. The Labute approximate surface area is 133 Å². The summed E-state index contributed by atoms with van der Waals surface area (Å²) in [6, 6.07) is 7.53. The Balaban J connectivity index is 1.84. The van der Waals surface area contributed by atoms with Crippen molar-refractivity contribution < 1.29 is 14.3 Å². The highest BCUT2D eigenvalue weighted by Crippen LogP contribution is 2.30. The Morgan fingerprint density at radius 3 is 2.64 bits per heavy atom. The standard InChI is InChI=1S/C16H18N2O3S/c1-10-4-5-12-11(2)18(9-8-17(10)12)15(19)13-6-7-14(22-13)16(20)21-3/h4-7,11H,8-9H2,1-3H3. The van der Waals surface area contributed by atoms with Gasteiger partial charge in [-0.25, -0.2) is 4.79 Å². The Morgan fingerprint density at radius 2 is 1.91 bits per heavy atom. The summed E-state index contributed by atoms with van der Waals surface area (Å²) in [6.45, 7) is 5.60. The number of methoxy groups -OCH3 is 1. The molecule has 2 aromatic rings. The maximum absolute atomic E-state index is 12.7. The largest absolute Gasteiger partial charge is 0.465 e. The second kappa shape index (κ2) is 5.61. The average Bonchev–Trinajstić information content (AvgIpc) is 3.14. The monoisotopic (exact) mass is 318 g/mol. The van der Waals surface area contributed by atoms with Gasteiger partial charge in [-0.2, -0.15) is 0 Å². The molecule has 116 valence electrons. The molecule has 1 aliphatic heterocycles. The van der Waals surface area contributed by atoms with Gasteiger partial charge in [0.25, 0.3) is 5.91 Å². The van der Waals surface area contributed by atoms with Gasteiger partial charge in [-0.3, -0.25) is 4.79 Å². The van der Waals surface area contributed by atoms with Crippen LogP contribution in [0, 0.1) is 6.92 Å². The van der Waals surface area contributed by atoms with Crippen LogP contribution in [0.5, 0.6) is 0 Å². The first-order valence-electron chi connectivity index (χ1n) is 7.18. The molecule has 6 heteroatoms. The number of nitrogens with zero attached hydrogens (tertiary/aromatic N) is 2. The predicted octanol–water partition coefficient (Wildman–Crippen LogP) is 2.86. The van der Waals surface area contributed by atoms with Gasteiger partial charge in [0.05, 0.1) is 18.0 Å². The third kappa shape index (κ3) is 2.33. The first-order valence-corrected chi connectivity index (χ1v) is 7.99. The fourth-order valence-corrected chi connectivity index (χ4v) is 3.78. The molecule has 1 unspecified atom stereocenters. The van der Waals surface area contributed by atoms with E-state index in [1.807, 2.05) is 11.8 Å². The van der Waals surface area contributed by atoms with E-state index in [1.165, 1.54) is 24.1 Å². The van der Waals surface area contributed by atoms with Crippen molar-refractivity contribution in [2.24, 2.45) is 0 Å². The molecule has 0 aliphatic carbocycles. The lowest BCUT2D eigenvalue weighted by atomic mass is 10.1. The molecule has 1 amide bonds. The quantitative estimate of drug-likeness (QED) is 0.800. The van der Waals surface area contributed by atoms with Gasteiger partial charge in [0, 0.05) is 24.5 Å². The highest BCUT2D eigenvalue weighted by Gasteiger charge is 2.30. The number of carbonyl (C=O) groups excluding carboxylic acids is 2. The van der Waals surface area contributed by atoms with Crippen LogP contribution in [0.4, 0.5) is 0 Å². The van der Waals surface area contributed by atoms with E-state index in [4.69, 9.17) is 0 Å². The Hall–Kier alpha value is -2.08. The zero-order valence-electron chi connectivity index (χ0n) is 12.8. The minimum atomic E-state index is -0.403. The molecule has 0 bridgehead atoms. The van der Waals surface area contributed by atoms with Gasteiger partial charge in [-0.1, -0.05) is 0 Å². The number of carbonyl (C=O) groups is 2. The van der Waals surface area contributed by atoms with Gasteiger partial charge < -0.3 is 14.2 Å². The lowest BCUT2D eigenvalue weighted by molar-refractivity contribution is 0.0605. The number of hydrogen-bond acceptors (Lipinski definition) is 4. The number of aryl methyl sites for hydroxylation is 1. The van der Waals surface area contributed by atoms with Crippen molar-refractivity contribution in [3.05, 3.63) is 45.4 Å². The fraction of sp³-hybridized carbons (Fsp3) is 0.375. The molecule has 0 saturated heterocycles. The number of esters is 1. The molecule has 0 aromatic carbocycles. The van der Waals surface area contributed by atoms with Crippen LogP contribution in [0.1, 0.15) is 43.7 Å². The van der Waals surface area contributed by atoms with E-state index in [0.29, 0.717) is 16.3 Å². The zero-order chi connectivity index (χ0) is 15.9. The summed E-state index contributed by atoms with van der Waals surface area (Å²) in [5.74, 6) is -0.432. The smallest absolute Gasteiger partial charge is 0.348 e. The van der Waals surface area contributed by atoms with Crippen LogP contribution in [-0.4, -0.2) is 35.0 Å². The van der Waals surface area contributed by atoms with Crippen molar-refractivity contribution in [3.63, 3.8) is 0 Å². The lowest BCUT2D eigenvalue weighted by Gasteiger charge is -2.35. The molecule has 0 saturated carbocycles. The van der Waals surface area contributed by atoms with E-state index in [2.05, 4.69) is 28.4 Å². The number of thiophene rings is 1. The predicted molar refractivity (Wildman–Crippen MR) is 84.3 cm³/mol. The van der Waals surface area contributed by atoms with Crippen LogP contribution >= 0.6 is 11.3 Å². The fourth-order valence-electron chi connectivity index (χ4n) is 2.90. The first kappa shape index (κ1) is 14.8. The highest BCUT2D eigenvalue weighted by atomic mass is 32.1. The zero-order valence-corrected chi connectivity index (χ0v) is 13.6. The Morgan fingerprint density at radius 1 is 1.18 bits per heavy atom. The minimum Gasteiger partial charge on any atom is -0.465 e. The summed E-state index contributed by atoms with van der Waals surface area (Å²) in [5, 5.41) is 0. The molecule has 1 atom stereocenters. The highest BCUT2D eigenvalue weighted by molar-refractivity contribution is 7.15. The van der Waals surface area contributed by atoms with Crippen LogP contribution in [-0.2, 0) is 11.3 Å². The Bertz CT molecular complexity index is 732. The normalized spacial score (nSPS) is 17.2. The molecule has 5 nitrogen and oxygen atoms in total. The molecule has 0 fully saturated rings. The van der Waals surface area contributed by atoms with Crippen molar-refractivity contribution >= 4 is 23.2 Å². The number of hydrogen-bond donors (Lipinski definition) is 0. The topological polar surface area (TPSA) is 51.5 Å². The van der Waals surface area contributed by atoms with Crippen molar-refractivity contribution in [2.45, 2.75) is 26.4 Å². The summed E-state index contributed by atoms with van der Waals surface area (Å²) in [7, 11) is 1.34. The van der Waals surface area contributed by atoms with E-state index in [-0.39, 0.29) is 11.9 Å². The van der Waals surface area contributed by atoms with E-state index < -0.39 is 5.97 Å². The van der Waals surface area contributed by atoms with E-state index in [0.717, 1.165) is 12.2 Å². The molecule has 0 radical (unpaired) electrons. The number of aromatic nitrogens is 1. The van der Waals surface area contributed by atoms with Gasteiger partial charge in [-0.15, -0.1) is 11.3 Å². The SMILES string of the molecule is COC(=O)c1ccc(C(=O)N2CCn3c(C)ccc3C2C)s1. The van der Waals surface area contributed by atoms with Gasteiger partial charge in [0.2, 0.25) is 0 Å². The number of ether oxygens (including phenoxy) is 1. The summed E-state index contributed by atoms with van der Waals surface area (Å²) in [6.07, 6.45) is 0. The average molecular weight is 318 g/mol. The van der Waals surface area contributed by atoms with Crippen LogP contribution in [0.2, 0.25) is 0 Å². The summed E-state index contributed by atoms with van der Waals surface area (Å²) >= 11 is 1.18. The first-order chi connectivity index (χ1) is 10.5. The minimum absolute atomic E-state index is 0.0265. The van der Waals surface area contributed by atoms with Crippen LogP contribution < -0.4 is 0 Å². The molecule has 0 spiro atoms. The molecule has 3 heterocycles. The summed E-state index contributed by atoms with van der Waals surface area (Å²) in [5.41, 5.74) is 2.37. The van der Waals surface area contributed by atoms with Crippen molar-refractivity contribution in [1.82, 2.24) is 9.47 Å². The van der Waals surface area contributed by atoms with Gasteiger partial charge in [0.15, 0.2) is 0 Å². The third-order valence-electron chi connectivity index (χ3n) is 4.16. The lowest BCUT2D eigenvalue weighted by Crippen LogP contribution is -2.40. The molecule has 3 rings (SSSR count). The number of fused-ring (bicyclic) bond motifs is 1. The van der Waals surface area contributed by atoms with Gasteiger partial charge in [-0.05, 0) is 38.1 Å². The van der Waals surface area contributed by atoms with E-state index >= 15 is 0 Å². The molecule has 0 N–H and O–H groups in total. The van der Waals surface area contributed by atoms with Gasteiger partial charge >= 0.3 is 5.97 Å². The van der Waals surface area contributed by atoms with Gasteiger partial charge in [0.1, 0.15) is 4.88 Å². The number of rotatable bonds is 2. The number of amides is 1. The summed E-state index contributed by atoms with van der Waals surface area (Å²) < 4.78 is 6.94. The third-order valence-corrected chi connectivity index (χ3v) is 5.21. The maximum Gasteiger partial charge on any atom is 0.348 e. The second-order valence-electron chi connectivity index (χ2n) is 5.38. The van der Waals surface area contributed by atoms with Crippen molar-refractivity contribution in [2.75, 3.05) is 13.7 Å². The van der Waals surface area contributed by atoms with Crippen LogP contribution in [0.25, 0.3) is 0 Å². The summed E-state index contributed by atoms with van der Waals surface area (Å²) in [4.78, 5) is 27.1. The van der Waals surface area contributed by atoms with Crippen LogP contribution in [0.15, 0.2) is 24.3 Å². The Kier molecular flexibility index (Phi) is 3.78. The molecular weight excluding hydrogens is 300 g/mol. The molecular formula is C16H18N2O3S. The van der Waals surface area contributed by atoms with E-state index in [9.17, 15) is 9.59 Å². The second-order valence-corrected chi connectivity index (χ2v) is 6.46. The maximum atomic E-state index is 12.7.